The number of rotatable bonds is 2. The lowest BCUT2D eigenvalue weighted by Crippen LogP contribution is -2.57. The first-order chi connectivity index (χ1) is 24.3. The van der Waals surface area contributed by atoms with Gasteiger partial charge in [0, 0.05) is 17.6 Å². The number of para-hydroxylation sites is 8. The first-order valence-corrected chi connectivity index (χ1v) is 16.4. The Morgan fingerprint density at radius 2 is 0.673 bits per heavy atom. The second kappa shape index (κ2) is 9.95. The van der Waals surface area contributed by atoms with Crippen LogP contribution < -0.4 is 45.1 Å². The molecule has 0 fully saturated rings. The smallest absolute Gasteiger partial charge is 0.260 e. The number of hydrogen-bond donors (Lipinski definition) is 0. The molecule has 4 aliphatic heterocycles. The van der Waals surface area contributed by atoms with Crippen molar-refractivity contribution in [2.45, 2.75) is 0 Å². The van der Waals surface area contributed by atoms with Gasteiger partial charge in [0.15, 0.2) is 23.0 Å². The Morgan fingerprint density at radius 3 is 1.08 bits per heavy atom. The molecule has 0 aromatic heterocycles. The van der Waals surface area contributed by atoms with Gasteiger partial charge in [-0.2, -0.15) is 0 Å². The van der Waals surface area contributed by atoms with Gasteiger partial charge in [0.05, 0.1) is 34.1 Å². The summed E-state index contributed by atoms with van der Waals surface area (Å²) in [5, 5.41) is 0. The van der Waals surface area contributed by atoms with E-state index in [1.54, 1.807) is 0 Å². The maximum Gasteiger partial charge on any atom is 0.260 e. The lowest BCUT2D eigenvalue weighted by molar-refractivity contribution is 0.464. The Balaban J connectivity index is 1.05. The molecule has 0 radical (unpaired) electrons. The van der Waals surface area contributed by atoms with Crippen LogP contribution in [0.15, 0.2) is 152 Å². The van der Waals surface area contributed by atoms with Gasteiger partial charge in [-0.25, -0.2) is 0 Å². The molecule has 0 saturated heterocycles. The van der Waals surface area contributed by atoms with Gasteiger partial charge in [-0.3, -0.25) is 0 Å². The molecule has 0 aliphatic carbocycles. The van der Waals surface area contributed by atoms with Crippen LogP contribution >= 0.6 is 0 Å². The summed E-state index contributed by atoms with van der Waals surface area (Å²) in [5.41, 5.74) is 9.15. The molecule has 0 N–H and O–H groups in total. The minimum absolute atomic E-state index is 0.0599. The molecule has 49 heavy (non-hydrogen) atoms. The van der Waals surface area contributed by atoms with E-state index >= 15 is 0 Å². The van der Waals surface area contributed by atoms with Crippen LogP contribution in [-0.2, 0) is 0 Å². The summed E-state index contributed by atoms with van der Waals surface area (Å²) < 4.78 is 25.9. The second-order valence-corrected chi connectivity index (χ2v) is 12.5. The largest absolute Gasteiger partial charge is 0.458 e. The van der Waals surface area contributed by atoms with E-state index in [0.29, 0.717) is 0 Å². The van der Waals surface area contributed by atoms with Crippen molar-refractivity contribution >= 4 is 57.2 Å². The zero-order chi connectivity index (χ0) is 32.1. The summed E-state index contributed by atoms with van der Waals surface area (Å²) in [5.74, 6) is 6.51. The average molecular weight is 632 g/mol. The number of anilines is 6. The Morgan fingerprint density at radius 1 is 0.327 bits per heavy atom. The number of nitrogens with zero attached hydrogens (tertiary/aromatic N) is 2. The van der Waals surface area contributed by atoms with Gasteiger partial charge in [-0.15, -0.1) is 0 Å². The number of fused-ring (bicyclic) bond motifs is 8. The highest BCUT2D eigenvalue weighted by molar-refractivity contribution is 6.98. The maximum absolute atomic E-state index is 6.68. The van der Waals surface area contributed by atoms with Crippen molar-refractivity contribution in [2.24, 2.45) is 0 Å². The highest BCUT2D eigenvalue weighted by atomic mass is 16.5. The summed E-state index contributed by atoms with van der Waals surface area (Å²) in [7, 11) is 0. The van der Waals surface area contributed by atoms with Crippen LogP contribution in [0.4, 0.5) is 34.1 Å². The molecule has 7 heteroatoms. The van der Waals surface area contributed by atoms with E-state index in [9.17, 15) is 0 Å². The van der Waals surface area contributed by atoms with E-state index in [2.05, 4.69) is 70.5 Å². The van der Waals surface area contributed by atoms with E-state index in [1.807, 2.05) is 91.0 Å². The van der Waals surface area contributed by atoms with Gasteiger partial charge >= 0.3 is 0 Å². The first kappa shape index (κ1) is 26.5. The lowest BCUT2D eigenvalue weighted by Gasteiger charge is -2.36. The third-order valence-electron chi connectivity index (χ3n) is 9.75. The van der Waals surface area contributed by atoms with Crippen molar-refractivity contribution < 1.29 is 18.9 Å². The zero-order valence-electron chi connectivity index (χ0n) is 26.0. The Kier molecular flexibility index (Phi) is 5.38. The standard InChI is InChI=1S/C42H25BN2O4/c1-5-14-34-30(10-1)44(31-11-2-6-15-35(31)46-34)26-20-22-28-40(24-26)48-38-18-9-19-39-42(38)43(28)29-23-21-27(25-41(29)49-39)45-32-12-3-7-16-36(32)47-37-17-8-4-13-33(37)45/h1-25H. The molecule has 0 saturated carbocycles. The quantitative estimate of drug-likeness (QED) is 0.177. The molecule has 7 aromatic rings. The first-order valence-electron chi connectivity index (χ1n) is 16.4. The van der Waals surface area contributed by atoms with Crippen molar-refractivity contribution in [3.63, 3.8) is 0 Å². The van der Waals surface area contributed by atoms with Crippen molar-refractivity contribution in [1.29, 1.82) is 0 Å². The van der Waals surface area contributed by atoms with Crippen LogP contribution in [0.3, 0.4) is 0 Å². The third kappa shape index (κ3) is 3.84. The van der Waals surface area contributed by atoms with Crippen molar-refractivity contribution in [1.82, 2.24) is 0 Å². The zero-order valence-corrected chi connectivity index (χ0v) is 26.0. The summed E-state index contributed by atoms with van der Waals surface area (Å²) in [6.07, 6.45) is 0. The summed E-state index contributed by atoms with van der Waals surface area (Å²) >= 11 is 0. The number of hydrogen-bond acceptors (Lipinski definition) is 6. The Bertz CT molecular complexity index is 2260. The molecule has 4 heterocycles. The summed E-state index contributed by atoms with van der Waals surface area (Å²) in [6.45, 7) is -0.0599. The highest BCUT2D eigenvalue weighted by Crippen LogP contribution is 2.52. The van der Waals surface area contributed by atoms with E-state index in [4.69, 9.17) is 18.9 Å². The summed E-state index contributed by atoms with van der Waals surface area (Å²) in [4.78, 5) is 4.48. The second-order valence-electron chi connectivity index (χ2n) is 12.5. The topological polar surface area (TPSA) is 43.4 Å². The summed E-state index contributed by atoms with van der Waals surface area (Å²) in [6, 6.07) is 51.7. The SMILES string of the molecule is c1ccc2c(c1)Oc1ccccc1N2c1ccc2c(c1)Oc1cccc3c1B2c1ccc(N2c4ccccc4Oc4ccccc42)cc1O3. The van der Waals surface area contributed by atoms with Crippen molar-refractivity contribution in [3.05, 3.63) is 152 Å². The molecule has 0 bridgehead atoms. The van der Waals surface area contributed by atoms with E-state index in [-0.39, 0.29) is 6.71 Å². The highest BCUT2D eigenvalue weighted by Gasteiger charge is 2.41. The van der Waals surface area contributed by atoms with Crippen LogP contribution in [0.1, 0.15) is 0 Å². The normalized spacial score (nSPS) is 13.8. The molecule has 0 atom stereocenters. The van der Waals surface area contributed by atoms with Crippen molar-refractivity contribution in [2.75, 3.05) is 9.80 Å². The van der Waals surface area contributed by atoms with Gasteiger partial charge in [0.2, 0.25) is 0 Å². The van der Waals surface area contributed by atoms with Crippen LogP contribution in [0.5, 0.6) is 46.0 Å². The third-order valence-corrected chi connectivity index (χ3v) is 9.75. The number of benzene rings is 7. The van der Waals surface area contributed by atoms with E-state index in [0.717, 1.165) is 96.5 Å². The maximum atomic E-state index is 6.68. The van der Waals surface area contributed by atoms with Crippen molar-refractivity contribution in [3.8, 4) is 46.0 Å². The molecule has 7 aromatic carbocycles. The van der Waals surface area contributed by atoms with Gasteiger partial charge in [-0.05, 0) is 83.7 Å². The fraction of sp³-hybridized carbons (Fsp3) is 0. The molecule has 4 aliphatic rings. The monoisotopic (exact) mass is 632 g/mol. The minimum Gasteiger partial charge on any atom is -0.458 e. The minimum atomic E-state index is -0.0599. The Hall–Kier alpha value is -6.60. The fourth-order valence-electron chi connectivity index (χ4n) is 7.65. The average Bonchev–Trinajstić information content (AvgIpc) is 3.15. The predicted octanol–water partition coefficient (Wildman–Crippen LogP) is 9.57. The van der Waals surface area contributed by atoms with E-state index < -0.39 is 0 Å². The van der Waals surface area contributed by atoms with Gasteiger partial charge in [0.25, 0.3) is 6.71 Å². The van der Waals surface area contributed by atoms with Crippen LogP contribution in [0, 0.1) is 0 Å². The molecule has 11 rings (SSSR count). The molecule has 0 unspecified atom stereocenters. The van der Waals surface area contributed by atoms with Gasteiger partial charge < -0.3 is 28.7 Å². The van der Waals surface area contributed by atoms with Crippen LogP contribution in [0.25, 0.3) is 0 Å². The predicted molar refractivity (Wildman–Crippen MR) is 194 cm³/mol. The molecule has 230 valence electrons. The fourth-order valence-corrected chi connectivity index (χ4v) is 7.65. The molecule has 0 spiro atoms. The number of ether oxygens (including phenoxy) is 4. The molecular formula is C42H25BN2O4. The van der Waals surface area contributed by atoms with Crippen LogP contribution in [0.2, 0.25) is 0 Å². The van der Waals surface area contributed by atoms with E-state index in [1.165, 1.54) is 0 Å². The Labute approximate surface area is 283 Å². The van der Waals surface area contributed by atoms with Gasteiger partial charge in [0.1, 0.15) is 23.0 Å². The molecule has 6 nitrogen and oxygen atoms in total. The van der Waals surface area contributed by atoms with Gasteiger partial charge in [-0.1, -0.05) is 66.7 Å². The lowest BCUT2D eigenvalue weighted by atomic mass is 9.35. The van der Waals surface area contributed by atoms with Crippen LogP contribution in [-0.4, -0.2) is 6.71 Å². The molecular weight excluding hydrogens is 607 g/mol. The molecule has 0 amide bonds.